The van der Waals surface area contributed by atoms with E-state index in [0.29, 0.717) is 32.8 Å². The Labute approximate surface area is 125 Å². The maximum atomic E-state index is 12.0. The Kier molecular flexibility index (Phi) is 4.74. The van der Waals surface area contributed by atoms with Gasteiger partial charge in [0, 0.05) is 14.2 Å². The van der Waals surface area contributed by atoms with Gasteiger partial charge in [0.2, 0.25) is 5.95 Å². The molecule has 0 aromatic carbocycles. The van der Waals surface area contributed by atoms with Gasteiger partial charge in [-0.15, -0.1) is 11.3 Å². The Bertz CT molecular complexity index is 644. The van der Waals surface area contributed by atoms with Crippen molar-refractivity contribution in [2.75, 3.05) is 32.7 Å². The number of carbonyl (C=O) groups excluding carboxylic acids is 1. The molecule has 0 atom stereocenters. The second-order valence-corrected chi connectivity index (χ2v) is 5.31. The Hall–Kier alpha value is -1.44. The van der Waals surface area contributed by atoms with Gasteiger partial charge in [0.1, 0.15) is 21.5 Å². The number of aryl methyl sites for hydroxylation is 1. The van der Waals surface area contributed by atoms with Crippen LogP contribution in [0.5, 0.6) is 0 Å². The van der Waals surface area contributed by atoms with Gasteiger partial charge in [-0.1, -0.05) is 11.6 Å². The van der Waals surface area contributed by atoms with E-state index in [1.165, 1.54) is 11.3 Å². The van der Waals surface area contributed by atoms with Gasteiger partial charge in [-0.25, -0.2) is 14.8 Å². The molecule has 0 spiro atoms. The average molecular weight is 316 g/mol. The van der Waals surface area contributed by atoms with Crippen molar-refractivity contribution in [3.8, 4) is 0 Å². The minimum atomic E-state index is -0.398. The van der Waals surface area contributed by atoms with E-state index in [1.807, 2.05) is 0 Å². The number of carbonyl (C=O) groups is 1. The number of aromatic nitrogens is 2. The number of esters is 1. The van der Waals surface area contributed by atoms with Crippen molar-refractivity contribution in [2.24, 2.45) is 0 Å². The predicted octanol–water partition coefficient (Wildman–Crippen LogP) is 2.50. The van der Waals surface area contributed by atoms with E-state index < -0.39 is 5.97 Å². The third kappa shape index (κ3) is 2.84. The summed E-state index contributed by atoms with van der Waals surface area (Å²) in [5.41, 5.74) is 0.736. The monoisotopic (exact) mass is 315 g/mol. The molecule has 0 saturated carbocycles. The predicted molar refractivity (Wildman–Crippen MR) is 78.9 cm³/mol. The number of methoxy groups -OCH3 is 1. The topological polar surface area (TPSA) is 73.3 Å². The molecule has 0 aliphatic heterocycles. The number of rotatable bonds is 5. The molecule has 8 heteroatoms. The molecule has 6 nitrogen and oxygen atoms in total. The summed E-state index contributed by atoms with van der Waals surface area (Å²) in [5.74, 6) is 0.0210. The highest BCUT2D eigenvalue weighted by atomic mass is 35.5. The normalized spacial score (nSPS) is 10.8. The number of thiophene rings is 1. The van der Waals surface area contributed by atoms with Gasteiger partial charge in [0.25, 0.3) is 0 Å². The molecule has 108 valence electrons. The Morgan fingerprint density at radius 3 is 2.80 bits per heavy atom. The lowest BCUT2D eigenvalue weighted by Crippen LogP contribution is -2.09. The first-order valence-corrected chi connectivity index (χ1v) is 7.08. The molecule has 0 aliphatic rings. The highest BCUT2D eigenvalue weighted by molar-refractivity contribution is 7.20. The lowest BCUT2D eigenvalue weighted by atomic mass is 10.2. The zero-order chi connectivity index (χ0) is 14.7. The van der Waals surface area contributed by atoms with Crippen LogP contribution >= 0.6 is 22.9 Å². The van der Waals surface area contributed by atoms with Gasteiger partial charge < -0.3 is 14.8 Å². The van der Waals surface area contributed by atoms with E-state index in [-0.39, 0.29) is 6.61 Å². The van der Waals surface area contributed by atoms with Crippen molar-refractivity contribution in [1.29, 1.82) is 0 Å². The van der Waals surface area contributed by atoms with Crippen molar-refractivity contribution in [3.05, 3.63) is 15.6 Å². The molecule has 0 fully saturated rings. The second kappa shape index (κ2) is 6.34. The summed E-state index contributed by atoms with van der Waals surface area (Å²) in [6.45, 7) is 2.38. The first-order valence-electron chi connectivity index (χ1n) is 5.89. The SMILES string of the molecule is CNc1nc(Cl)c2c(C)c(C(=O)OCCOC)sc2n1. The van der Waals surface area contributed by atoms with Crippen LogP contribution in [0.15, 0.2) is 0 Å². The van der Waals surface area contributed by atoms with Gasteiger partial charge in [-0.05, 0) is 12.5 Å². The molecule has 20 heavy (non-hydrogen) atoms. The molecule has 0 bridgehead atoms. The summed E-state index contributed by atoms with van der Waals surface area (Å²) in [5, 5.41) is 3.84. The lowest BCUT2D eigenvalue weighted by molar-refractivity contribution is 0.0393. The quantitative estimate of drug-likeness (QED) is 0.519. The van der Waals surface area contributed by atoms with Crippen LogP contribution in [0.3, 0.4) is 0 Å². The zero-order valence-electron chi connectivity index (χ0n) is 11.3. The van der Waals surface area contributed by atoms with E-state index in [4.69, 9.17) is 21.1 Å². The van der Waals surface area contributed by atoms with Crippen LogP contribution in [0.25, 0.3) is 10.2 Å². The number of ether oxygens (including phenoxy) is 2. The average Bonchev–Trinajstić information content (AvgIpc) is 2.76. The first-order chi connectivity index (χ1) is 9.58. The fourth-order valence-electron chi connectivity index (χ4n) is 1.68. The molecule has 2 aromatic heterocycles. The summed E-state index contributed by atoms with van der Waals surface area (Å²) < 4.78 is 9.96. The van der Waals surface area contributed by atoms with Gasteiger partial charge in [-0.2, -0.15) is 0 Å². The molecule has 2 heterocycles. The van der Waals surface area contributed by atoms with E-state index >= 15 is 0 Å². The third-order valence-electron chi connectivity index (χ3n) is 2.68. The third-order valence-corrected chi connectivity index (χ3v) is 4.11. The van der Waals surface area contributed by atoms with Gasteiger partial charge in [0.05, 0.1) is 12.0 Å². The van der Waals surface area contributed by atoms with E-state index in [1.54, 1.807) is 21.1 Å². The Balaban J connectivity index is 2.38. The van der Waals surface area contributed by atoms with Crippen LogP contribution in [0.1, 0.15) is 15.2 Å². The second-order valence-electron chi connectivity index (χ2n) is 3.95. The van der Waals surface area contributed by atoms with Crippen molar-refractivity contribution in [3.63, 3.8) is 0 Å². The minimum Gasteiger partial charge on any atom is -0.459 e. The summed E-state index contributed by atoms with van der Waals surface area (Å²) >= 11 is 7.38. The van der Waals surface area contributed by atoms with Gasteiger partial charge in [0.15, 0.2) is 0 Å². The van der Waals surface area contributed by atoms with Crippen LogP contribution in [0.4, 0.5) is 5.95 Å². The van der Waals surface area contributed by atoms with Crippen molar-refractivity contribution in [2.45, 2.75) is 6.92 Å². The number of anilines is 1. The summed E-state index contributed by atoms with van der Waals surface area (Å²) in [7, 11) is 3.26. The fourth-order valence-corrected chi connectivity index (χ4v) is 3.12. The van der Waals surface area contributed by atoms with Gasteiger partial charge >= 0.3 is 5.97 Å². The molecule has 0 saturated heterocycles. The number of fused-ring (bicyclic) bond motifs is 1. The number of halogens is 1. The molecule has 2 aromatic rings. The number of nitrogens with one attached hydrogen (secondary N) is 1. The van der Waals surface area contributed by atoms with Crippen molar-refractivity contribution in [1.82, 2.24) is 9.97 Å². The molecule has 0 radical (unpaired) electrons. The number of hydrogen-bond donors (Lipinski definition) is 1. The maximum Gasteiger partial charge on any atom is 0.348 e. The van der Waals surface area contributed by atoms with Crippen LogP contribution < -0.4 is 5.32 Å². The van der Waals surface area contributed by atoms with Crippen molar-refractivity contribution < 1.29 is 14.3 Å². The molecule has 0 aliphatic carbocycles. The molecule has 0 amide bonds. The van der Waals surface area contributed by atoms with E-state index in [0.717, 1.165) is 5.56 Å². The Morgan fingerprint density at radius 2 is 2.15 bits per heavy atom. The van der Waals surface area contributed by atoms with Crippen LogP contribution in [0.2, 0.25) is 5.15 Å². The van der Waals surface area contributed by atoms with E-state index in [9.17, 15) is 4.79 Å². The zero-order valence-corrected chi connectivity index (χ0v) is 12.9. The largest absolute Gasteiger partial charge is 0.459 e. The van der Waals surface area contributed by atoms with Crippen LogP contribution in [-0.2, 0) is 9.47 Å². The standard InChI is InChI=1S/C12H14ClN3O3S/c1-6-7-9(13)15-12(14-2)16-10(7)20-8(6)11(17)19-5-4-18-3/h4-5H2,1-3H3,(H,14,15,16). The first kappa shape index (κ1) is 15.0. The smallest absolute Gasteiger partial charge is 0.348 e. The summed E-state index contributed by atoms with van der Waals surface area (Å²) in [4.78, 5) is 21.5. The van der Waals surface area contributed by atoms with Gasteiger partial charge in [-0.3, -0.25) is 0 Å². The molecule has 2 rings (SSSR count). The Morgan fingerprint density at radius 1 is 1.40 bits per heavy atom. The number of nitrogens with zero attached hydrogens (tertiary/aromatic N) is 2. The van der Waals surface area contributed by atoms with Crippen LogP contribution in [-0.4, -0.2) is 43.3 Å². The highest BCUT2D eigenvalue weighted by Crippen LogP contribution is 2.34. The van der Waals surface area contributed by atoms with E-state index in [2.05, 4.69) is 15.3 Å². The lowest BCUT2D eigenvalue weighted by Gasteiger charge is -2.02. The minimum absolute atomic E-state index is 0.212. The summed E-state index contributed by atoms with van der Waals surface area (Å²) in [6.07, 6.45) is 0. The van der Waals surface area contributed by atoms with Crippen molar-refractivity contribution >= 4 is 45.1 Å². The van der Waals surface area contributed by atoms with Crippen LogP contribution in [0, 0.1) is 6.92 Å². The fraction of sp³-hybridized carbons (Fsp3) is 0.417. The molecule has 1 N–H and O–H groups in total. The molecule has 0 unspecified atom stereocenters. The molecular weight excluding hydrogens is 302 g/mol. The molecular formula is C12H14ClN3O3S. The summed E-state index contributed by atoms with van der Waals surface area (Å²) in [6, 6.07) is 0. The highest BCUT2D eigenvalue weighted by Gasteiger charge is 2.20. The number of hydrogen-bond acceptors (Lipinski definition) is 7. The maximum absolute atomic E-state index is 12.0.